The van der Waals surface area contributed by atoms with Gasteiger partial charge in [0.25, 0.3) is 0 Å². The molecule has 2 unspecified atom stereocenters. The number of hydrogen-bond acceptors (Lipinski definition) is 3. The molecule has 1 aromatic heterocycles. The van der Waals surface area contributed by atoms with Gasteiger partial charge < -0.3 is 4.90 Å². The van der Waals surface area contributed by atoms with Crippen LogP contribution in [0, 0.1) is 11.8 Å². The molecule has 1 saturated heterocycles. The molecule has 3 nitrogen and oxygen atoms in total. The van der Waals surface area contributed by atoms with Crippen LogP contribution in [0.3, 0.4) is 0 Å². The van der Waals surface area contributed by atoms with E-state index in [0.29, 0.717) is 11.9 Å². The Kier molecular flexibility index (Phi) is 3.16. The summed E-state index contributed by atoms with van der Waals surface area (Å²) in [7, 11) is 0. The van der Waals surface area contributed by atoms with E-state index in [1.54, 1.807) is 11.3 Å². The summed E-state index contributed by atoms with van der Waals surface area (Å²) in [6, 6.07) is 4.74. The molecule has 0 aromatic carbocycles. The number of nitrogens with one attached hydrogen (secondary N) is 1. The van der Waals surface area contributed by atoms with Crippen molar-refractivity contribution in [2.24, 2.45) is 11.8 Å². The van der Waals surface area contributed by atoms with Crippen LogP contribution in [0.5, 0.6) is 0 Å². The van der Waals surface area contributed by atoms with Crippen LogP contribution in [0.2, 0.25) is 0 Å². The summed E-state index contributed by atoms with van der Waals surface area (Å²) < 4.78 is 0. The molecule has 1 aromatic rings. The Hall–Kier alpha value is -0.870. The third-order valence-electron chi connectivity index (χ3n) is 5.49. The van der Waals surface area contributed by atoms with Gasteiger partial charge in [0, 0.05) is 10.9 Å². The molecule has 0 bridgehead atoms. The first-order chi connectivity index (χ1) is 10.1. The molecule has 3 aliphatic rings. The summed E-state index contributed by atoms with van der Waals surface area (Å²) in [5.74, 6) is 1.84. The summed E-state index contributed by atoms with van der Waals surface area (Å²) in [4.78, 5) is 16.7. The fourth-order valence-corrected chi connectivity index (χ4v) is 4.54. The second kappa shape index (κ2) is 4.82. The molecule has 0 radical (unpaired) electrons. The minimum Gasteiger partial charge on any atom is -0.317 e. The predicted molar refractivity (Wildman–Crippen MR) is 85.0 cm³/mol. The molecule has 1 N–H and O–H groups in total. The quantitative estimate of drug-likeness (QED) is 0.902. The molecule has 4 rings (SSSR count). The Morgan fingerprint density at radius 2 is 2.05 bits per heavy atom. The molecule has 0 spiro atoms. The maximum atomic E-state index is 13.1. The zero-order chi connectivity index (χ0) is 14.6. The van der Waals surface area contributed by atoms with E-state index >= 15 is 0 Å². The maximum absolute atomic E-state index is 13.1. The van der Waals surface area contributed by atoms with Gasteiger partial charge in [-0.2, -0.15) is 0 Å². The van der Waals surface area contributed by atoms with Crippen LogP contribution in [0.25, 0.3) is 0 Å². The summed E-state index contributed by atoms with van der Waals surface area (Å²) in [6.45, 7) is 4.19. The number of carbonyl (C=O) groups is 1. The van der Waals surface area contributed by atoms with Crippen molar-refractivity contribution in [3.05, 3.63) is 22.4 Å². The van der Waals surface area contributed by atoms with Gasteiger partial charge in [0.1, 0.15) is 6.17 Å². The first-order valence-electron chi connectivity index (χ1n) is 8.28. The molecule has 21 heavy (non-hydrogen) atoms. The highest BCUT2D eigenvalue weighted by atomic mass is 32.1. The molecule has 1 aliphatic heterocycles. The van der Waals surface area contributed by atoms with Gasteiger partial charge in [0.05, 0.1) is 5.54 Å². The second-order valence-corrected chi connectivity index (χ2v) is 8.11. The number of carbonyl (C=O) groups excluding carboxylic acids is 1. The molecule has 4 heteroatoms. The van der Waals surface area contributed by atoms with E-state index in [2.05, 4.69) is 41.6 Å². The van der Waals surface area contributed by atoms with Gasteiger partial charge in [0.2, 0.25) is 5.91 Å². The third kappa shape index (κ3) is 2.23. The standard InChI is InChI=1S/C17H24N2OS/c1-3-17(2)16(20)19(14(11-6-7-11)12-8-9-12)15(18-17)13-5-4-10-21-13/h4-5,10-12,14-15,18H,3,6-9H2,1-2H3. The fraction of sp³-hybridized carbons (Fsp3) is 0.706. The van der Waals surface area contributed by atoms with Crippen LogP contribution in [0.15, 0.2) is 17.5 Å². The van der Waals surface area contributed by atoms with Crippen molar-refractivity contribution in [1.82, 2.24) is 10.2 Å². The minimum absolute atomic E-state index is 0.0913. The number of rotatable bonds is 5. The van der Waals surface area contributed by atoms with Crippen LogP contribution < -0.4 is 5.32 Å². The Bertz CT molecular complexity index is 523. The fourth-order valence-electron chi connectivity index (χ4n) is 3.77. The molecule has 2 aliphatic carbocycles. The highest BCUT2D eigenvalue weighted by Crippen LogP contribution is 2.51. The SMILES string of the molecule is CCC1(C)NC(c2cccs2)N(C(C2CC2)C2CC2)C1=O. The lowest BCUT2D eigenvalue weighted by molar-refractivity contribution is -0.136. The van der Waals surface area contributed by atoms with Crippen LogP contribution >= 0.6 is 11.3 Å². The van der Waals surface area contributed by atoms with Crippen molar-refractivity contribution in [3.63, 3.8) is 0 Å². The van der Waals surface area contributed by atoms with E-state index in [-0.39, 0.29) is 6.17 Å². The lowest BCUT2D eigenvalue weighted by Gasteiger charge is -2.33. The summed E-state index contributed by atoms with van der Waals surface area (Å²) >= 11 is 1.76. The van der Waals surface area contributed by atoms with Gasteiger partial charge in [-0.25, -0.2) is 0 Å². The first kappa shape index (κ1) is 13.8. The number of hydrogen-bond donors (Lipinski definition) is 1. The maximum Gasteiger partial charge on any atom is 0.244 e. The van der Waals surface area contributed by atoms with Gasteiger partial charge >= 0.3 is 0 Å². The molecule has 2 saturated carbocycles. The minimum atomic E-state index is -0.392. The molecule has 2 heterocycles. The van der Waals surface area contributed by atoms with Crippen molar-refractivity contribution < 1.29 is 4.79 Å². The van der Waals surface area contributed by atoms with Crippen molar-refractivity contribution in [2.75, 3.05) is 0 Å². The van der Waals surface area contributed by atoms with Crippen LogP contribution in [0.1, 0.15) is 57.0 Å². The van der Waals surface area contributed by atoms with Gasteiger partial charge in [0.15, 0.2) is 0 Å². The molecule has 3 fully saturated rings. The Morgan fingerprint density at radius 3 is 2.52 bits per heavy atom. The Balaban J connectivity index is 1.71. The average Bonchev–Trinajstić information content (AvgIpc) is 3.41. The first-order valence-corrected chi connectivity index (χ1v) is 9.16. The van der Waals surface area contributed by atoms with E-state index in [1.165, 1.54) is 30.6 Å². The Morgan fingerprint density at radius 1 is 1.38 bits per heavy atom. The normalized spacial score (nSPS) is 33.2. The average molecular weight is 304 g/mol. The van der Waals surface area contributed by atoms with Crippen molar-refractivity contribution in [3.8, 4) is 0 Å². The molecule has 1 amide bonds. The molecule has 2 atom stereocenters. The van der Waals surface area contributed by atoms with Gasteiger partial charge in [-0.1, -0.05) is 13.0 Å². The van der Waals surface area contributed by atoms with Crippen molar-refractivity contribution >= 4 is 17.2 Å². The molecule has 114 valence electrons. The Labute approximate surface area is 130 Å². The van der Waals surface area contributed by atoms with Crippen LogP contribution in [0.4, 0.5) is 0 Å². The van der Waals surface area contributed by atoms with E-state index in [4.69, 9.17) is 0 Å². The number of amides is 1. The van der Waals surface area contributed by atoms with Crippen LogP contribution in [-0.4, -0.2) is 22.4 Å². The van der Waals surface area contributed by atoms with Crippen LogP contribution in [-0.2, 0) is 4.79 Å². The monoisotopic (exact) mass is 304 g/mol. The topological polar surface area (TPSA) is 32.3 Å². The lowest BCUT2D eigenvalue weighted by atomic mass is 9.97. The van der Waals surface area contributed by atoms with Gasteiger partial charge in [-0.3, -0.25) is 10.1 Å². The largest absolute Gasteiger partial charge is 0.317 e. The molecular weight excluding hydrogens is 280 g/mol. The van der Waals surface area contributed by atoms with Crippen molar-refractivity contribution in [1.29, 1.82) is 0 Å². The van der Waals surface area contributed by atoms with E-state index in [9.17, 15) is 4.79 Å². The third-order valence-corrected chi connectivity index (χ3v) is 6.42. The zero-order valence-electron chi connectivity index (χ0n) is 12.8. The lowest BCUT2D eigenvalue weighted by Crippen LogP contribution is -2.46. The highest BCUT2D eigenvalue weighted by molar-refractivity contribution is 7.10. The summed E-state index contributed by atoms with van der Waals surface area (Å²) in [5, 5.41) is 5.77. The number of nitrogens with zero attached hydrogens (tertiary/aromatic N) is 1. The second-order valence-electron chi connectivity index (χ2n) is 7.13. The number of thiophene rings is 1. The molecular formula is C17H24N2OS. The van der Waals surface area contributed by atoms with E-state index < -0.39 is 5.54 Å². The summed E-state index contributed by atoms with van der Waals surface area (Å²) in [5.41, 5.74) is -0.392. The predicted octanol–water partition coefficient (Wildman–Crippen LogP) is 3.54. The van der Waals surface area contributed by atoms with Gasteiger partial charge in [-0.05, 0) is 62.3 Å². The van der Waals surface area contributed by atoms with Crippen molar-refractivity contribution in [2.45, 2.75) is 63.7 Å². The summed E-state index contributed by atoms with van der Waals surface area (Å²) in [6.07, 6.45) is 6.19. The smallest absolute Gasteiger partial charge is 0.244 e. The highest BCUT2D eigenvalue weighted by Gasteiger charge is 2.55. The van der Waals surface area contributed by atoms with E-state index in [1.807, 2.05) is 0 Å². The van der Waals surface area contributed by atoms with E-state index in [0.717, 1.165) is 18.3 Å². The zero-order valence-corrected chi connectivity index (χ0v) is 13.7. The van der Waals surface area contributed by atoms with Gasteiger partial charge in [-0.15, -0.1) is 11.3 Å².